The van der Waals surface area contributed by atoms with E-state index in [4.69, 9.17) is 16.3 Å². The second-order valence-electron chi connectivity index (χ2n) is 3.21. The molecule has 0 amide bonds. The van der Waals surface area contributed by atoms with Crippen molar-refractivity contribution in [2.24, 2.45) is 7.05 Å². The fourth-order valence-electron chi connectivity index (χ4n) is 1.40. The molecule has 0 saturated heterocycles. The molecule has 0 aliphatic rings. The molecule has 1 aromatic carbocycles. The Morgan fingerprint density at radius 1 is 1.44 bits per heavy atom. The summed E-state index contributed by atoms with van der Waals surface area (Å²) in [7, 11) is 3.11. The minimum absolute atomic E-state index is 0.126. The van der Waals surface area contributed by atoms with Gasteiger partial charge in [0, 0.05) is 13.1 Å². The van der Waals surface area contributed by atoms with E-state index in [9.17, 15) is 4.79 Å². The summed E-state index contributed by atoms with van der Waals surface area (Å²) in [6.45, 7) is 0. The second kappa shape index (κ2) is 4.02. The van der Waals surface area contributed by atoms with Crippen molar-refractivity contribution in [2.45, 2.75) is 0 Å². The van der Waals surface area contributed by atoms with Crippen LogP contribution in [0.1, 0.15) is 0 Å². The number of rotatable bonds is 2. The third-order valence-corrected chi connectivity index (χ3v) is 2.44. The van der Waals surface area contributed by atoms with E-state index in [0.29, 0.717) is 11.4 Å². The Kier molecular flexibility index (Phi) is 2.70. The summed E-state index contributed by atoms with van der Waals surface area (Å²) in [5, 5.41) is 3.96. The molecule has 0 saturated carbocycles. The fourth-order valence-corrected chi connectivity index (χ4v) is 1.68. The maximum absolute atomic E-state index is 11.7. The van der Waals surface area contributed by atoms with Gasteiger partial charge in [-0.2, -0.15) is 0 Å². The van der Waals surface area contributed by atoms with Gasteiger partial charge in [-0.25, -0.2) is 14.0 Å². The number of halogens is 1. The molecule has 6 heteroatoms. The van der Waals surface area contributed by atoms with Gasteiger partial charge >= 0.3 is 5.69 Å². The van der Waals surface area contributed by atoms with Crippen LogP contribution in [0.25, 0.3) is 5.69 Å². The number of aryl methyl sites for hydroxylation is 1. The summed E-state index contributed by atoms with van der Waals surface area (Å²) in [4.78, 5) is 11.7. The third kappa shape index (κ3) is 1.69. The highest BCUT2D eigenvalue weighted by Crippen LogP contribution is 2.17. The van der Waals surface area contributed by atoms with Gasteiger partial charge in [0.25, 0.3) is 0 Å². The molecule has 0 atom stereocenters. The van der Waals surface area contributed by atoms with Crippen LogP contribution in [-0.2, 0) is 7.05 Å². The maximum atomic E-state index is 11.7. The van der Waals surface area contributed by atoms with Gasteiger partial charge in [-0.1, -0.05) is 6.07 Å². The van der Waals surface area contributed by atoms with Crippen LogP contribution in [0, 0.1) is 0 Å². The van der Waals surface area contributed by atoms with Gasteiger partial charge in [0.15, 0.2) is 0 Å². The Balaban J connectivity index is 2.62. The zero-order valence-electron chi connectivity index (χ0n) is 8.85. The van der Waals surface area contributed by atoms with Gasteiger partial charge in [0.1, 0.15) is 5.75 Å². The zero-order chi connectivity index (χ0) is 11.7. The summed E-state index contributed by atoms with van der Waals surface area (Å²) in [5.41, 5.74) is 0.334. The topological polar surface area (TPSA) is 49.0 Å². The number of benzene rings is 1. The average molecular weight is 240 g/mol. The Labute approximate surface area is 96.8 Å². The Bertz CT molecular complexity index is 574. The molecule has 5 nitrogen and oxygen atoms in total. The van der Waals surface area contributed by atoms with Gasteiger partial charge in [-0.05, 0) is 23.7 Å². The molecule has 16 heavy (non-hydrogen) atoms. The van der Waals surface area contributed by atoms with E-state index in [2.05, 4.69) is 5.10 Å². The van der Waals surface area contributed by atoms with E-state index in [0.717, 1.165) is 0 Å². The minimum Gasteiger partial charge on any atom is -0.497 e. The standard InChI is InChI=1S/C10H10ClN3O2/c1-13-10(15)14(9(11)12-13)7-4-3-5-8(6-7)16-2/h3-6H,1-2H3. The maximum Gasteiger partial charge on any atom is 0.351 e. The summed E-state index contributed by atoms with van der Waals surface area (Å²) in [5.74, 6) is 0.657. The van der Waals surface area contributed by atoms with Crippen LogP contribution < -0.4 is 10.4 Å². The van der Waals surface area contributed by atoms with Gasteiger partial charge in [-0.15, -0.1) is 5.10 Å². The summed E-state index contributed by atoms with van der Waals surface area (Å²) >= 11 is 5.87. The summed E-state index contributed by atoms with van der Waals surface area (Å²) < 4.78 is 7.57. The SMILES string of the molecule is COc1cccc(-n2c(Cl)nn(C)c2=O)c1. The van der Waals surface area contributed by atoms with Crippen LogP contribution in [0.4, 0.5) is 0 Å². The van der Waals surface area contributed by atoms with Crippen molar-refractivity contribution < 1.29 is 4.74 Å². The van der Waals surface area contributed by atoms with Crippen molar-refractivity contribution >= 4 is 11.6 Å². The Morgan fingerprint density at radius 2 is 2.19 bits per heavy atom. The molecule has 0 spiro atoms. The number of hydrogen-bond donors (Lipinski definition) is 0. The highest BCUT2D eigenvalue weighted by atomic mass is 35.5. The van der Waals surface area contributed by atoms with Gasteiger partial charge in [-0.3, -0.25) is 0 Å². The van der Waals surface area contributed by atoms with Crippen LogP contribution in [-0.4, -0.2) is 21.5 Å². The lowest BCUT2D eigenvalue weighted by molar-refractivity contribution is 0.414. The number of aromatic nitrogens is 3. The van der Waals surface area contributed by atoms with E-state index in [1.165, 1.54) is 9.25 Å². The molecule has 0 aliphatic heterocycles. The fraction of sp³-hybridized carbons (Fsp3) is 0.200. The van der Waals surface area contributed by atoms with E-state index in [1.807, 2.05) is 0 Å². The lowest BCUT2D eigenvalue weighted by Gasteiger charge is -2.04. The smallest absolute Gasteiger partial charge is 0.351 e. The van der Waals surface area contributed by atoms with Crippen molar-refractivity contribution in [1.29, 1.82) is 0 Å². The lowest BCUT2D eigenvalue weighted by Crippen LogP contribution is -2.21. The van der Waals surface area contributed by atoms with E-state index >= 15 is 0 Å². The summed E-state index contributed by atoms with van der Waals surface area (Å²) in [6, 6.07) is 7.05. The van der Waals surface area contributed by atoms with Crippen LogP contribution in [0.3, 0.4) is 0 Å². The van der Waals surface area contributed by atoms with Crippen LogP contribution >= 0.6 is 11.6 Å². The average Bonchev–Trinajstić information content (AvgIpc) is 2.53. The van der Waals surface area contributed by atoms with E-state index in [-0.39, 0.29) is 11.0 Å². The second-order valence-corrected chi connectivity index (χ2v) is 3.55. The Hall–Kier alpha value is -1.75. The van der Waals surface area contributed by atoms with Crippen LogP contribution in [0.2, 0.25) is 5.28 Å². The minimum atomic E-state index is -0.293. The van der Waals surface area contributed by atoms with Gasteiger partial charge < -0.3 is 4.74 Å². The molecule has 2 rings (SSSR count). The first kappa shape index (κ1) is 10.8. The molecule has 0 fully saturated rings. The van der Waals surface area contributed by atoms with Crippen molar-refractivity contribution in [3.8, 4) is 11.4 Å². The molecule has 0 radical (unpaired) electrons. The highest BCUT2D eigenvalue weighted by Gasteiger charge is 2.11. The molecular weight excluding hydrogens is 230 g/mol. The van der Waals surface area contributed by atoms with Crippen molar-refractivity contribution in [3.63, 3.8) is 0 Å². The van der Waals surface area contributed by atoms with Crippen molar-refractivity contribution in [2.75, 3.05) is 7.11 Å². The molecule has 0 bridgehead atoms. The molecule has 0 N–H and O–H groups in total. The van der Waals surface area contributed by atoms with Crippen molar-refractivity contribution in [3.05, 3.63) is 40.0 Å². The van der Waals surface area contributed by atoms with E-state index < -0.39 is 0 Å². The largest absolute Gasteiger partial charge is 0.497 e. The van der Waals surface area contributed by atoms with Crippen LogP contribution in [0.15, 0.2) is 29.1 Å². The Morgan fingerprint density at radius 3 is 2.75 bits per heavy atom. The quantitative estimate of drug-likeness (QED) is 0.792. The lowest BCUT2D eigenvalue weighted by atomic mass is 10.3. The highest BCUT2D eigenvalue weighted by molar-refractivity contribution is 6.28. The predicted octanol–water partition coefficient (Wildman–Crippen LogP) is 1.23. The number of hydrogen-bond acceptors (Lipinski definition) is 3. The molecule has 0 aliphatic carbocycles. The number of ether oxygens (including phenoxy) is 1. The van der Waals surface area contributed by atoms with Gasteiger partial charge in [0.05, 0.1) is 12.8 Å². The molecule has 84 valence electrons. The number of methoxy groups -OCH3 is 1. The first-order valence-electron chi connectivity index (χ1n) is 4.59. The predicted molar refractivity (Wildman–Crippen MR) is 60.4 cm³/mol. The van der Waals surface area contributed by atoms with Crippen LogP contribution in [0.5, 0.6) is 5.75 Å². The third-order valence-electron chi connectivity index (χ3n) is 2.20. The molecule has 1 heterocycles. The zero-order valence-corrected chi connectivity index (χ0v) is 9.60. The van der Waals surface area contributed by atoms with Gasteiger partial charge in [0.2, 0.25) is 5.28 Å². The van der Waals surface area contributed by atoms with Crippen molar-refractivity contribution in [1.82, 2.24) is 14.3 Å². The first-order valence-corrected chi connectivity index (χ1v) is 4.97. The monoisotopic (exact) mass is 239 g/mol. The molecular formula is C10H10ClN3O2. The molecule has 1 aromatic heterocycles. The normalized spacial score (nSPS) is 10.4. The number of nitrogens with zero attached hydrogens (tertiary/aromatic N) is 3. The molecule has 2 aromatic rings. The van der Waals surface area contributed by atoms with E-state index in [1.54, 1.807) is 38.4 Å². The summed E-state index contributed by atoms with van der Waals surface area (Å²) in [6.07, 6.45) is 0. The first-order chi connectivity index (χ1) is 7.63. The molecule has 0 unspecified atom stereocenters.